The van der Waals surface area contributed by atoms with Crippen molar-refractivity contribution in [1.82, 2.24) is 4.90 Å². The van der Waals surface area contributed by atoms with E-state index in [1.54, 1.807) is 0 Å². The molecule has 0 saturated carbocycles. The predicted molar refractivity (Wildman–Crippen MR) is 68.4 cm³/mol. The molecule has 128 valence electrons. The van der Waals surface area contributed by atoms with Gasteiger partial charge in [0.05, 0.1) is 11.8 Å². The molecule has 1 aromatic rings. The fourth-order valence-electron chi connectivity index (χ4n) is 2.34. The Hall–Kier alpha value is -2.04. The minimum Gasteiger partial charge on any atom is -0.481 e. The lowest BCUT2D eigenvalue weighted by Crippen LogP contribution is -2.34. The first-order valence-corrected chi connectivity index (χ1v) is 8.19. The number of hydrogen-bond donors (Lipinski definition) is 1. The molecule has 2 heterocycles. The molecule has 1 N–H and O–H groups in total. The monoisotopic (exact) mass is 355 g/mol. The van der Waals surface area contributed by atoms with E-state index in [9.17, 15) is 31.2 Å². The standard InChI is InChI=1S/C12H12F3NO6S/c1-23(20,21)9-3-2-8(22-9)10(17)16-4-6(11(18)19)7(5-16)12(13,14)15/h2-3,6-7H,4-5H2,1H3,(H,18,19)/t6-,7-/m1/s1. The summed E-state index contributed by atoms with van der Waals surface area (Å²) in [5, 5.41) is 8.39. The van der Waals surface area contributed by atoms with Crippen LogP contribution in [0.5, 0.6) is 0 Å². The van der Waals surface area contributed by atoms with E-state index in [-0.39, 0.29) is 0 Å². The molecule has 7 nitrogen and oxygen atoms in total. The van der Waals surface area contributed by atoms with E-state index in [0.29, 0.717) is 4.90 Å². The second-order valence-corrected chi connectivity index (χ2v) is 7.14. The van der Waals surface area contributed by atoms with E-state index in [2.05, 4.69) is 0 Å². The van der Waals surface area contributed by atoms with Gasteiger partial charge in [0.25, 0.3) is 5.91 Å². The molecule has 1 saturated heterocycles. The van der Waals surface area contributed by atoms with E-state index in [0.717, 1.165) is 18.4 Å². The lowest BCUT2D eigenvalue weighted by atomic mass is 9.96. The van der Waals surface area contributed by atoms with Crippen molar-refractivity contribution in [1.29, 1.82) is 0 Å². The van der Waals surface area contributed by atoms with Crippen LogP contribution in [0, 0.1) is 11.8 Å². The van der Waals surface area contributed by atoms with E-state index < -0.39 is 63.7 Å². The number of furan rings is 1. The van der Waals surface area contributed by atoms with Gasteiger partial charge in [0.15, 0.2) is 5.76 Å². The van der Waals surface area contributed by atoms with Gasteiger partial charge in [0.2, 0.25) is 14.9 Å². The highest BCUT2D eigenvalue weighted by molar-refractivity contribution is 7.90. The third-order valence-electron chi connectivity index (χ3n) is 3.50. The zero-order chi connectivity index (χ0) is 17.6. The van der Waals surface area contributed by atoms with Crippen LogP contribution in [0.15, 0.2) is 21.6 Å². The molecule has 0 radical (unpaired) electrons. The lowest BCUT2D eigenvalue weighted by molar-refractivity contribution is -0.187. The van der Waals surface area contributed by atoms with Crippen LogP contribution in [-0.2, 0) is 14.6 Å². The number of halogens is 3. The van der Waals surface area contributed by atoms with Gasteiger partial charge in [-0.05, 0) is 12.1 Å². The number of amides is 1. The van der Waals surface area contributed by atoms with Crippen LogP contribution < -0.4 is 0 Å². The van der Waals surface area contributed by atoms with Gasteiger partial charge in [-0.2, -0.15) is 13.2 Å². The zero-order valence-corrected chi connectivity index (χ0v) is 12.5. The molecule has 23 heavy (non-hydrogen) atoms. The molecular formula is C12H12F3NO6S. The van der Waals surface area contributed by atoms with Crippen LogP contribution in [0.25, 0.3) is 0 Å². The van der Waals surface area contributed by atoms with Gasteiger partial charge in [-0.1, -0.05) is 0 Å². The Labute approximate surface area is 128 Å². The molecule has 1 fully saturated rings. The average molecular weight is 355 g/mol. The van der Waals surface area contributed by atoms with Crippen LogP contribution in [0.1, 0.15) is 10.6 Å². The summed E-state index contributed by atoms with van der Waals surface area (Å²) in [6.07, 6.45) is -3.92. The van der Waals surface area contributed by atoms with Gasteiger partial charge in [0, 0.05) is 19.3 Å². The van der Waals surface area contributed by atoms with Crippen LogP contribution in [-0.4, -0.2) is 55.8 Å². The zero-order valence-electron chi connectivity index (χ0n) is 11.7. The van der Waals surface area contributed by atoms with Gasteiger partial charge >= 0.3 is 12.1 Å². The Morgan fingerprint density at radius 3 is 2.30 bits per heavy atom. The topological polar surface area (TPSA) is 105 Å². The summed E-state index contributed by atoms with van der Waals surface area (Å²) in [7, 11) is -3.71. The van der Waals surface area contributed by atoms with E-state index in [4.69, 9.17) is 9.52 Å². The number of carboxylic acid groups (broad SMARTS) is 1. The van der Waals surface area contributed by atoms with Crippen molar-refractivity contribution < 1.29 is 40.7 Å². The summed E-state index contributed by atoms with van der Waals surface area (Å²) in [6, 6.07) is 2.03. The van der Waals surface area contributed by atoms with Crippen molar-refractivity contribution in [2.75, 3.05) is 19.3 Å². The Morgan fingerprint density at radius 1 is 1.30 bits per heavy atom. The molecule has 2 rings (SSSR count). The number of alkyl halides is 3. The van der Waals surface area contributed by atoms with Crippen molar-refractivity contribution in [3.05, 3.63) is 17.9 Å². The largest absolute Gasteiger partial charge is 0.481 e. The summed E-state index contributed by atoms with van der Waals surface area (Å²) in [5.41, 5.74) is 0. The van der Waals surface area contributed by atoms with Crippen LogP contribution in [0.3, 0.4) is 0 Å². The van der Waals surface area contributed by atoms with Gasteiger partial charge in [0.1, 0.15) is 0 Å². The van der Waals surface area contributed by atoms with Gasteiger partial charge in [-0.25, -0.2) is 8.42 Å². The number of nitrogens with zero attached hydrogens (tertiary/aromatic N) is 1. The molecule has 1 aromatic heterocycles. The number of likely N-dealkylation sites (tertiary alicyclic amines) is 1. The Bertz CT molecular complexity index is 738. The van der Waals surface area contributed by atoms with Crippen molar-refractivity contribution in [2.24, 2.45) is 11.8 Å². The van der Waals surface area contributed by atoms with E-state index in [1.807, 2.05) is 0 Å². The summed E-state index contributed by atoms with van der Waals surface area (Å²) >= 11 is 0. The first kappa shape index (κ1) is 17.3. The highest BCUT2D eigenvalue weighted by Crippen LogP contribution is 2.38. The third-order valence-corrected chi connectivity index (χ3v) is 4.45. The third kappa shape index (κ3) is 3.49. The van der Waals surface area contributed by atoms with Crippen molar-refractivity contribution in [3.63, 3.8) is 0 Å². The van der Waals surface area contributed by atoms with Gasteiger partial charge in [-0.15, -0.1) is 0 Å². The highest BCUT2D eigenvalue weighted by Gasteiger charge is 2.53. The number of carbonyl (C=O) groups excluding carboxylic acids is 1. The smallest absolute Gasteiger partial charge is 0.394 e. The van der Waals surface area contributed by atoms with Gasteiger partial charge < -0.3 is 14.4 Å². The van der Waals surface area contributed by atoms with Gasteiger partial charge in [-0.3, -0.25) is 9.59 Å². The Kier molecular flexibility index (Phi) is 4.18. The number of carbonyl (C=O) groups is 2. The summed E-state index contributed by atoms with van der Waals surface area (Å²) in [4.78, 5) is 23.8. The lowest BCUT2D eigenvalue weighted by Gasteiger charge is -2.17. The van der Waals surface area contributed by atoms with E-state index >= 15 is 0 Å². The number of sulfone groups is 1. The van der Waals surface area contributed by atoms with Crippen LogP contribution >= 0.6 is 0 Å². The number of aliphatic carboxylic acids is 1. The number of rotatable bonds is 3. The summed E-state index contributed by atoms with van der Waals surface area (Å²) < 4.78 is 66.0. The fourth-order valence-corrected chi connectivity index (χ4v) is 2.90. The highest BCUT2D eigenvalue weighted by atomic mass is 32.2. The molecule has 1 aliphatic rings. The van der Waals surface area contributed by atoms with Crippen molar-refractivity contribution in [2.45, 2.75) is 11.3 Å². The quantitative estimate of drug-likeness (QED) is 0.868. The minimum absolute atomic E-state index is 0.461. The second-order valence-electron chi connectivity index (χ2n) is 5.19. The summed E-state index contributed by atoms with van der Waals surface area (Å²) in [6.45, 7) is -1.46. The maximum atomic E-state index is 12.9. The maximum absolute atomic E-state index is 12.9. The first-order chi connectivity index (χ1) is 10.4. The molecule has 0 unspecified atom stereocenters. The second kappa shape index (κ2) is 5.55. The van der Waals surface area contributed by atoms with Crippen molar-refractivity contribution in [3.8, 4) is 0 Å². The molecule has 0 aromatic carbocycles. The minimum atomic E-state index is -4.76. The Morgan fingerprint density at radius 2 is 1.91 bits per heavy atom. The first-order valence-electron chi connectivity index (χ1n) is 6.30. The van der Waals surface area contributed by atoms with Crippen LogP contribution in [0.4, 0.5) is 13.2 Å². The molecule has 0 aliphatic carbocycles. The van der Waals surface area contributed by atoms with Crippen molar-refractivity contribution >= 4 is 21.7 Å². The number of hydrogen-bond acceptors (Lipinski definition) is 5. The molecule has 2 atom stereocenters. The molecule has 1 aliphatic heterocycles. The maximum Gasteiger partial charge on any atom is 0.394 e. The molecule has 0 spiro atoms. The molecule has 11 heteroatoms. The normalized spacial score (nSPS) is 22.3. The Balaban J connectivity index is 2.24. The predicted octanol–water partition coefficient (Wildman–Crippen LogP) is 1.02. The number of carboxylic acids is 1. The van der Waals surface area contributed by atoms with Crippen LogP contribution in [0.2, 0.25) is 0 Å². The average Bonchev–Trinajstić information content (AvgIpc) is 3.04. The molecule has 0 bridgehead atoms. The fraction of sp³-hybridized carbons (Fsp3) is 0.500. The SMILES string of the molecule is CS(=O)(=O)c1ccc(C(=O)N2C[C@@H](C(F)(F)F)[C@H](C(=O)O)C2)o1. The molecular weight excluding hydrogens is 343 g/mol. The molecule has 1 amide bonds. The summed E-state index contributed by atoms with van der Waals surface area (Å²) in [5.74, 6) is -7.06. The van der Waals surface area contributed by atoms with E-state index in [1.165, 1.54) is 0 Å².